The van der Waals surface area contributed by atoms with Gasteiger partial charge in [0.25, 0.3) is 5.91 Å². The highest BCUT2D eigenvalue weighted by Gasteiger charge is 2.39. The molecule has 1 fully saturated rings. The molecule has 1 aromatic rings. The summed E-state index contributed by atoms with van der Waals surface area (Å²) in [5.74, 6) is -0.774. The monoisotopic (exact) mass is 405 g/mol. The average molecular weight is 405 g/mol. The lowest BCUT2D eigenvalue weighted by molar-refractivity contribution is -0.149. The SMILES string of the molecule is CCOC(=O)[C@@H]1CCCN(C(=O)c2cccc(B(O)OC(C)(C)C(C)(C)O)c2)C1. The first-order valence-corrected chi connectivity index (χ1v) is 10.1. The molecule has 0 aliphatic carbocycles. The summed E-state index contributed by atoms with van der Waals surface area (Å²) >= 11 is 0. The summed E-state index contributed by atoms with van der Waals surface area (Å²) in [5.41, 5.74) is -1.34. The van der Waals surface area contributed by atoms with Gasteiger partial charge in [-0.15, -0.1) is 0 Å². The van der Waals surface area contributed by atoms with Crippen molar-refractivity contribution in [3.8, 4) is 0 Å². The lowest BCUT2D eigenvalue weighted by Gasteiger charge is -2.38. The van der Waals surface area contributed by atoms with Crippen LogP contribution < -0.4 is 5.46 Å². The molecule has 1 amide bonds. The molecule has 1 heterocycles. The van der Waals surface area contributed by atoms with Crippen LogP contribution in [0, 0.1) is 5.92 Å². The minimum atomic E-state index is -1.29. The fourth-order valence-electron chi connectivity index (χ4n) is 3.11. The van der Waals surface area contributed by atoms with E-state index in [1.807, 2.05) is 0 Å². The third-order valence-corrected chi connectivity index (χ3v) is 5.63. The van der Waals surface area contributed by atoms with Gasteiger partial charge < -0.3 is 24.4 Å². The summed E-state index contributed by atoms with van der Waals surface area (Å²) in [6, 6.07) is 6.60. The number of ether oxygens (including phenoxy) is 1. The molecule has 1 saturated heterocycles. The van der Waals surface area contributed by atoms with Gasteiger partial charge in [0.05, 0.1) is 23.7 Å². The van der Waals surface area contributed by atoms with E-state index in [4.69, 9.17) is 9.39 Å². The number of nitrogens with zero attached hydrogens (tertiary/aromatic N) is 1. The van der Waals surface area contributed by atoms with E-state index in [0.29, 0.717) is 37.1 Å². The Kier molecular flexibility index (Phi) is 7.48. The van der Waals surface area contributed by atoms with Gasteiger partial charge >= 0.3 is 13.1 Å². The second-order valence-corrected chi connectivity index (χ2v) is 8.51. The van der Waals surface area contributed by atoms with Crippen molar-refractivity contribution >= 4 is 24.5 Å². The summed E-state index contributed by atoms with van der Waals surface area (Å²) in [6.45, 7) is 9.58. The quantitative estimate of drug-likeness (QED) is 0.525. The van der Waals surface area contributed by atoms with Gasteiger partial charge in [0.1, 0.15) is 0 Å². The van der Waals surface area contributed by atoms with Gasteiger partial charge in [-0.1, -0.05) is 12.1 Å². The predicted octanol–water partition coefficient (Wildman–Crippen LogP) is 1.36. The number of benzene rings is 1. The molecule has 1 aliphatic rings. The third-order valence-electron chi connectivity index (χ3n) is 5.63. The largest absolute Gasteiger partial charge is 0.491 e. The predicted molar refractivity (Wildman–Crippen MR) is 111 cm³/mol. The van der Waals surface area contributed by atoms with Gasteiger partial charge in [0, 0.05) is 18.7 Å². The number of piperidine rings is 1. The summed E-state index contributed by atoms with van der Waals surface area (Å²) in [6.07, 6.45) is 1.45. The molecule has 1 aromatic carbocycles. The molecule has 0 spiro atoms. The van der Waals surface area contributed by atoms with Crippen molar-refractivity contribution in [1.29, 1.82) is 0 Å². The van der Waals surface area contributed by atoms with Crippen LogP contribution in [0.3, 0.4) is 0 Å². The Hall–Kier alpha value is -1.90. The number of hydrogen-bond acceptors (Lipinski definition) is 6. The Morgan fingerprint density at radius 1 is 1.28 bits per heavy atom. The number of rotatable bonds is 7. The van der Waals surface area contributed by atoms with Crippen LogP contribution in [0.1, 0.15) is 57.8 Å². The molecule has 8 heteroatoms. The first kappa shape index (κ1) is 23.4. The fraction of sp³-hybridized carbons (Fsp3) is 0.619. The third kappa shape index (κ3) is 5.81. The van der Waals surface area contributed by atoms with Crippen molar-refractivity contribution in [2.24, 2.45) is 5.92 Å². The second kappa shape index (κ2) is 9.28. The van der Waals surface area contributed by atoms with Gasteiger partial charge in [0.15, 0.2) is 0 Å². The molecule has 0 aromatic heterocycles. The van der Waals surface area contributed by atoms with Gasteiger partial charge in [-0.3, -0.25) is 9.59 Å². The highest BCUT2D eigenvalue weighted by atomic mass is 16.5. The van der Waals surface area contributed by atoms with Crippen LogP contribution in [-0.2, 0) is 14.2 Å². The van der Waals surface area contributed by atoms with Crippen LogP contribution in [-0.4, -0.2) is 64.9 Å². The highest BCUT2D eigenvalue weighted by molar-refractivity contribution is 6.60. The summed E-state index contributed by atoms with van der Waals surface area (Å²) in [7, 11) is -1.29. The van der Waals surface area contributed by atoms with E-state index >= 15 is 0 Å². The van der Waals surface area contributed by atoms with Crippen LogP contribution in [0.5, 0.6) is 0 Å². The van der Waals surface area contributed by atoms with Gasteiger partial charge in [0.2, 0.25) is 0 Å². The van der Waals surface area contributed by atoms with Crippen molar-refractivity contribution in [2.75, 3.05) is 19.7 Å². The molecule has 29 heavy (non-hydrogen) atoms. The molecule has 0 unspecified atom stereocenters. The van der Waals surface area contributed by atoms with Crippen LogP contribution in [0.15, 0.2) is 24.3 Å². The van der Waals surface area contributed by atoms with Crippen LogP contribution >= 0.6 is 0 Å². The molecular formula is C21H32BNO6. The lowest BCUT2D eigenvalue weighted by atomic mass is 9.76. The molecule has 160 valence electrons. The fourth-order valence-corrected chi connectivity index (χ4v) is 3.11. The number of amides is 1. The van der Waals surface area contributed by atoms with E-state index in [2.05, 4.69) is 0 Å². The number of carbonyl (C=O) groups is 2. The number of esters is 1. The summed E-state index contributed by atoms with van der Waals surface area (Å²) in [4.78, 5) is 26.6. The molecule has 7 nitrogen and oxygen atoms in total. The molecule has 0 radical (unpaired) electrons. The molecule has 2 rings (SSSR count). The number of likely N-dealkylation sites (tertiary alicyclic amines) is 1. The van der Waals surface area contributed by atoms with Gasteiger partial charge in [-0.2, -0.15) is 0 Å². The van der Waals surface area contributed by atoms with Gasteiger partial charge in [-0.25, -0.2) is 0 Å². The van der Waals surface area contributed by atoms with Crippen molar-refractivity contribution in [3.63, 3.8) is 0 Å². The molecular weight excluding hydrogens is 373 g/mol. The molecule has 1 aliphatic heterocycles. The maximum absolute atomic E-state index is 13.0. The Morgan fingerprint density at radius 2 is 1.97 bits per heavy atom. The van der Waals surface area contributed by atoms with Crippen LogP contribution in [0.4, 0.5) is 0 Å². The zero-order chi connectivity index (χ0) is 21.8. The highest BCUT2D eigenvalue weighted by Crippen LogP contribution is 2.25. The lowest BCUT2D eigenvalue weighted by Crippen LogP contribution is -2.53. The average Bonchev–Trinajstić information content (AvgIpc) is 2.66. The smallest absolute Gasteiger partial charge is 0.466 e. The first-order valence-electron chi connectivity index (χ1n) is 10.1. The van der Waals surface area contributed by atoms with E-state index < -0.39 is 18.3 Å². The molecule has 0 saturated carbocycles. The number of aliphatic hydroxyl groups is 1. The minimum absolute atomic E-state index is 0.199. The number of hydrogen-bond donors (Lipinski definition) is 2. The Balaban J connectivity index is 2.12. The maximum Gasteiger partial charge on any atom is 0.491 e. The molecule has 1 atom stereocenters. The summed E-state index contributed by atoms with van der Waals surface area (Å²) in [5, 5.41) is 20.7. The normalized spacial score (nSPS) is 17.8. The van der Waals surface area contributed by atoms with Crippen molar-refractivity contribution in [1.82, 2.24) is 4.90 Å². The van der Waals surface area contributed by atoms with E-state index in [1.54, 1.807) is 63.8 Å². The van der Waals surface area contributed by atoms with E-state index in [-0.39, 0.29) is 17.8 Å². The minimum Gasteiger partial charge on any atom is -0.466 e. The van der Waals surface area contributed by atoms with Crippen molar-refractivity contribution in [2.45, 2.75) is 58.7 Å². The Bertz CT molecular complexity index is 730. The zero-order valence-corrected chi connectivity index (χ0v) is 18.0. The second-order valence-electron chi connectivity index (χ2n) is 8.51. The molecule has 2 N–H and O–H groups in total. The van der Waals surface area contributed by atoms with E-state index in [1.165, 1.54) is 0 Å². The van der Waals surface area contributed by atoms with Gasteiger partial charge in [-0.05, 0) is 65.1 Å². The maximum atomic E-state index is 13.0. The van der Waals surface area contributed by atoms with Crippen molar-refractivity contribution < 1.29 is 29.1 Å². The zero-order valence-electron chi connectivity index (χ0n) is 18.0. The van der Waals surface area contributed by atoms with Crippen LogP contribution in [0.25, 0.3) is 0 Å². The van der Waals surface area contributed by atoms with Crippen molar-refractivity contribution in [3.05, 3.63) is 29.8 Å². The Morgan fingerprint density at radius 3 is 2.59 bits per heavy atom. The summed E-state index contributed by atoms with van der Waals surface area (Å²) < 4.78 is 10.8. The molecule has 0 bridgehead atoms. The Labute approximate surface area is 173 Å². The number of carbonyl (C=O) groups excluding carboxylic acids is 2. The van der Waals surface area contributed by atoms with E-state index in [0.717, 1.165) is 6.42 Å². The van der Waals surface area contributed by atoms with Crippen LogP contribution in [0.2, 0.25) is 0 Å². The van der Waals surface area contributed by atoms with E-state index in [9.17, 15) is 19.7 Å². The standard InChI is InChI=1S/C21H32BNO6/c1-6-28-19(25)16-10-8-12-23(14-16)18(24)15-9-7-11-17(13-15)22(27)29-21(4,5)20(2,3)26/h7,9,11,13,16,26-27H,6,8,10,12,14H2,1-5H3/t16-/m1/s1. The first-order chi connectivity index (χ1) is 13.5. The topological polar surface area (TPSA) is 96.3 Å².